The Kier molecular flexibility index (Phi) is 7.89. The number of hydrogen-bond acceptors (Lipinski definition) is 5. The lowest BCUT2D eigenvalue weighted by Crippen LogP contribution is -2.36. The standard InChI is InChI=1S/C25H27ClN2O4S/c1-5-8-25(29)32-28(33(30,31)24-12-7-11-23(26)18(24)3)19(4)20-9-6-10-21(15-20)22-13-14-27-16-17(22)2/h6-7,9-16,19H,5,8H2,1-4H3/t19-/m0/s1. The number of nitrogens with zero attached hydrogens (tertiary/aromatic N) is 2. The molecule has 8 heteroatoms. The maximum atomic E-state index is 13.7. The first kappa shape index (κ1) is 24.9. The summed E-state index contributed by atoms with van der Waals surface area (Å²) >= 11 is 6.18. The molecule has 0 fully saturated rings. The number of carbonyl (C=O) groups is 1. The molecule has 1 atom stereocenters. The number of benzene rings is 2. The molecular weight excluding hydrogens is 460 g/mol. The topological polar surface area (TPSA) is 76.6 Å². The van der Waals surface area contributed by atoms with Crippen molar-refractivity contribution in [2.75, 3.05) is 0 Å². The van der Waals surface area contributed by atoms with Crippen LogP contribution >= 0.6 is 11.6 Å². The molecule has 0 spiro atoms. The van der Waals surface area contributed by atoms with Gasteiger partial charge in [0.15, 0.2) is 0 Å². The third-order valence-electron chi connectivity index (χ3n) is 5.40. The molecule has 3 aromatic rings. The van der Waals surface area contributed by atoms with Crippen LogP contribution < -0.4 is 0 Å². The molecular formula is C25H27ClN2O4S. The van der Waals surface area contributed by atoms with E-state index in [1.165, 1.54) is 6.07 Å². The van der Waals surface area contributed by atoms with Crippen LogP contribution in [-0.4, -0.2) is 23.8 Å². The number of hydrogen-bond donors (Lipinski definition) is 0. The molecule has 0 aliphatic rings. The molecule has 3 rings (SSSR count). The minimum absolute atomic E-state index is 0.00715. The molecule has 6 nitrogen and oxygen atoms in total. The molecule has 0 bridgehead atoms. The Morgan fingerprint density at radius 3 is 2.58 bits per heavy atom. The van der Waals surface area contributed by atoms with E-state index in [0.29, 0.717) is 22.6 Å². The van der Waals surface area contributed by atoms with Gasteiger partial charge in [-0.2, -0.15) is 0 Å². The lowest BCUT2D eigenvalue weighted by atomic mass is 9.98. The highest BCUT2D eigenvalue weighted by atomic mass is 35.5. The van der Waals surface area contributed by atoms with Gasteiger partial charge in [0.1, 0.15) is 0 Å². The van der Waals surface area contributed by atoms with Crippen LogP contribution in [0.4, 0.5) is 0 Å². The minimum atomic E-state index is -4.20. The van der Waals surface area contributed by atoms with Crippen molar-refractivity contribution in [3.63, 3.8) is 0 Å². The zero-order valence-corrected chi connectivity index (χ0v) is 20.7. The number of halogens is 1. The van der Waals surface area contributed by atoms with E-state index >= 15 is 0 Å². The quantitative estimate of drug-likeness (QED) is 0.363. The number of aryl methyl sites for hydroxylation is 1. The van der Waals surface area contributed by atoms with E-state index in [2.05, 4.69) is 4.98 Å². The molecule has 1 aromatic heterocycles. The van der Waals surface area contributed by atoms with Gasteiger partial charge in [0.2, 0.25) is 0 Å². The van der Waals surface area contributed by atoms with Crippen molar-refractivity contribution >= 4 is 27.6 Å². The van der Waals surface area contributed by atoms with Gasteiger partial charge in [0.05, 0.1) is 10.9 Å². The minimum Gasteiger partial charge on any atom is -0.352 e. The van der Waals surface area contributed by atoms with E-state index in [4.69, 9.17) is 16.4 Å². The summed E-state index contributed by atoms with van der Waals surface area (Å²) in [4.78, 5) is 22.0. The maximum absolute atomic E-state index is 13.7. The Labute approximate surface area is 200 Å². The van der Waals surface area contributed by atoms with Gasteiger partial charge in [-0.15, -0.1) is 0 Å². The molecule has 0 unspecified atom stereocenters. The van der Waals surface area contributed by atoms with Gasteiger partial charge in [-0.3, -0.25) is 9.78 Å². The van der Waals surface area contributed by atoms with E-state index in [1.54, 1.807) is 38.4 Å². The number of carbonyl (C=O) groups excluding carboxylic acids is 1. The molecule has 33 heavy (non-hydrogen) atoms. The molecule has 0 amide bonds. The molecule has 2 aromatic carbocycles. The lowest BCUT2D eigenvalue weighted by Gasteiger charge is -2.28. The van der Waals surface area contributed by atoms with Gasteiger partial charge < -0.3 is 4.84 Å². The zero-order valence-electron chi connectivity index (χ0n) is 19.1. The second-order valence-electron chi connectivity index (χ2n) is 7.83. The molecule has 0 aliphatic carbocycles. The summed E-state index contributed by atoms with van der Waals surface area (Å²) in [6.45, 7) is 7.10. The average Bonchev–Trinajstić information content (AvgIpc) is 2.79. The van der Waals surface area contributed by atoms with Crippen LogP contribution in [0.2, 0.25) is 5.02 Å². The van der Waals surface area contributed by atoms with Crippen LogP contribution in [0.1, 0.15) is 49.4 Å². The van der Waals surface area contributed by atoms with Crippen molar-refractivity contribution in [1.29, 1.82) is 0 Å². The lowest BCUT2D eigenvalue weighted by molar-refractivity contribution is -0.175. The van der Waals surface area contributed by atoms with Gasteiger partial charge in [0, 0.05) is 23.8 Å². The zero-order chi connectivity index (χ0) is 24.2. The highest BCUT2D eigenvalue weighted by Gasteiger charge is 2.35. The van der Waals surface area contributed by atoms with Crippen molar-refractivity contribution in [1.82, 2.24) is 9.45 Å². The van der Waals surface area contributed by atoms with Crippen molar-refractivity contribution < 1.29 is 18.0 Å². The highest BCUT2D eigenvalue weighted by molar-refractivity contribution is 7.89. The maximum Gasteiger partial charge on any atom is 0.326 e. The Morgan fingerprint density at radius 1 is 1.15 bits per heavy atom. The van der Waals surface area contributed by atoms with E-state index < -0.39 is 22.0 Å². The third-order valence-corrected chi connectivity index (χ3v) is 7.67. The molecule has 0 saturated heterocycles. The number of aromatic nitrogens is 1. The Hall–Kier alpha value is -2.74. The number of pyridine rings is 1. The fraction of sp³-hybridized carbons (Fsp3) is 0.280. The second kappa shape index (κ2) is 10.5. The average molecular weight is 487 g/mol. The fourth-order valence-electron chi connectivity index (χ4n) is 3.54. The van der Waals surface area contributed by atoms with E-state index in [9.17, 15) is 13.2 Å². The normalized spacial score (nSPS) is 12.5. The summed E-state index contributed by atoms with van der Waals surface area (Å²) < 4.78 is 28.1. The Bertz CT molecular complexity index is 1260. The number of rotatable bonds is 8. The van der Waals surface area contributed by atoms with Crippen molar-refractivity contribution in [3.8, 4) is 11.1 Å². The highest BCUT2D eigenvalue weighted by Crippen LogP contribution is 2.33. The smallest absolute Gasteiger partial charge is 0.326 e. The van der Waals surface area contributed by atoms with Gasteiger partial charge in [-0.25, -0.2) is 8.42 Å². The van der Waals surface area contributed by atoms with Crippen LogP contribution in [0.5, 0.6) is 0 Å². The van der Waals surface area contributed by atoms with Crippen LogP contribution in [0.15, 0.2) is 65.8 Å². The Balaban J connectivity index is 2.08. The fourth-order valence-corrected chi connectivity index (χ4v) is 5.43. The Morgan fingerprint density at radius 2 is 1.88 bits per heavy atom. The van der Waals surface area contributed by atoms with Crippen LogP contribution in [0, 0.1) is 13.8 Å². The first-order valence-corrected chi connectivity index (χ1v) is 12.5. The van der Waals surface area contributed by atoms with E-state index in [-0.39, 0.29) is 11.3 Å². The summed E-state index contributed by atoms with van der Waals surface area (Å²) in [5.41, 5.74) is 3.97. The molecule has 0 radical (unpaired) electrons. The van der Waals surface area contributed by atoms with E-state index in [0.717, 1.165) is 21.2 Å². The van der Waals surface area contributed by atoms with Crippen molar-refractivity contribution in [2.24, 2.45) is 0 Å². The van der Waals surface area contributed by atoms with E-state index in [1.807, 2.05) is 44.2 Å². The molecule has 1 heterocycles. The van der Waals surface area contributed by atoms with Gasteiger partial charge in [-0.1, -0.05) is 42.8 Å². The van der Waals surface area contributed by atoms with Crippen molar-refractivity contribution in [2.45, 2.75) is 51.5 Å². The monoisotopic (exact) mass is 486 g/mol. The first-order valence-electron chi connectivity index (χ1n) is 10.7. The second-order valence-corrected chi connectivity index (χ2v) is 9.99. The van der Waals surface area contributed by atoms with Crippen LogP contribution in [-0.2, 0) is 19.7 Å². The van der Waals surface area contributed by atoms with Crippen LogP contribution in [0.3, 0.4) is 0 Å². The number of hydroxylamine groups is 1. The van der Waals surface area contributed by atoms with Crippen molar-refractivity contribution in [3.05, 3.63) is 82.6 Å². The number of sulfonamides is 1. The van der Waals surface area contributed by atoms with Gasteiger partial charge in [-0.05, 0) is 83.7 Å². The molecule has 0 saturated carbocycles. The summed E-state index contributed by atoms with van der Waals surface area (Å²) in [6, 6.07) is 13.3. The summed E-state index contributed by atoms with van der Waals surface area (Å²) in [5.74, 6) is -0.617. The summed E-state index contributed by atoms with van der Waals surface area (Å²) in [7, 11) is -4.20. The van der Waals surface area contributed by atoms with Crippen LogP contribution in [0.25, 0.3) is 11.1 Å². The summed E-state index contributed by atoms with van der Waals surface area (Å²) in [5, 5.41) is 0.318. The predicted octanol–water partition coefficient (Wildman–Crippen LogP) is 6.03. The van der Waals surface area contributed by atoms with Gasteiger partial charge >= 0.3 is 5.97 Å². The molecule has 0 N–H and O–H groups in total. The largest absolute Gasteiger partial charge is 0.352 e. The van der Waals surface area contributed by atoms with Gasteiger partial charge in [0.25, 0.3) is 10.0 Å². The molecule has 0 aliphatic heterocycles. The SMILES string of the molecule is CCCC(=O)ON([C@@H](C)c1cccc(-c2ccncc2C)c1)S(=O)(=O)c1cccc(Cl)c1C. The predicted molar refractivity (Wildman–Crippen MR) is 129 cm³/mol. The summed E-state index contributed by atoms with van der Waals surface area (Å²) in [6.07, 6.45) is 4.12. The third kappa shape index (κ3) is 5.43. The first-order chi connectivity index (χ1) is 15.7. The molecule has 174 valence electrons.